The molecule has 0 aliphatic heterocycles. The molecule has 106 valence electrons. The van der Waals surface area contributed by atoms with Crippen LogP contribution in [0.3, 0.4) is 0 Å². The number of alkyl halides is 3. The molecule has 0 fully saturated rings. The molecule has 0 atom stereocenters. The molecule has 0 spiro atoms. The molecule has 2 rings (SSSR count). The quantitative estimate of drug-likeness (QED) is 0.839. The Balaban J connectivity index is 2.10. The van der Waals surface area contributed by atoms with Crippen LogP contribution in [-0.2, 0) is 18.5 Å². The fourth-order valence-electron chi connectivity index (χ4n) is 1.73. The van der Waals surface area contributed by atoms with E-state index in [0.717, 1.165) is 29.0 Å². The van der Waals surface area contributed by atoms with E-state index in [0.29, 0.717) is 5.75 Å². The number of benzene rings is 2. The molecule has 1 N–H and O–H groups in total. The first-order valence-corrected chi connectivity index (χ1v) is 6.97. The second-order valence-corrected chi connectivity index (χ2v) is 5.27. The maximum absolute atomic E-state index is 12.8. The van der Waals surface area contributed by atoms with Crippen molar-refractivity contribution in [2.75, 3.05) is 0 Å². The van der Waals surface area contributed by atoms with Gasteiger partial charge in [0.2, 0.25) is 0 Å². The Hall–Kier alpha value is -1.46. The second kappa shape index (κ2) is 6.33. The third-order valence-corrected chi connectivity index (χ3v) is 3.94. The maximum atomic E-state index is 12.8. The van der Waals surface area contributed by atoms with E-state index < -0.39 is 11.7 Å². The fraction of sp³-hybridized carbons (Fsp3) is 0.200. The highest BCUT2D eigenvalue weighted by atomic mass is 32.2. The van der Waals surface area contributed by atoms with Gasteiger partial charge < -0.3 is 5.11 Å². The van der Waals surface area contributed by atoms with Crippen LogP contribution >= 0.6 is 11.8 Å². The van der Waals surface area contributed by atoms with Crippen molar-refractivity contribution in [2.45, 2.75) is 23.4 Å². The summed E-state index contributed by atoms with van der Waals surface area (Å²) in [5.41, 5.74) is 1.11. The summed E-state index contributed by atoms with van der Waals surface area (Å²) < 4.78 is 38.5. The highest BCUT2D eigenvalue weighted by Crippen LogP contribution is 2.37. The van der Waals surface area contributed by atoms with Crippen LogP contribution in [0.2, 0.25) is 0 Å². The first kappa shape index (κ1) is 14.9. The predicted molar refractivity (Wildman–Crippen MR) is 73.4 cm³/mol. The van der Waals surface area contributed by atoms with Gasteiger partial charge in [0.25, 0.3) is 0 Å². The van der Waals surface area contributed by atoms with Crippen molar-refractivity contribution < 1.29 is 18.3 Å². The summed E-state index contributed by atoms with van der Waals surface area (Å²) in [6.45, 7) is -0.0374. The van der Waals surface area contributed by atoms with E-state index in [1.165, 1.54) is 12.1 Å². The lowest BCUT2D eigenvalue weighted by Gasteiger charge is -2.12. The molecule has 2 aromatic rings. The third-order valence-electron chi connectivity index (χ3n) is 2.79. The largest absolute Gasteiger partial charge is 0.417 e. The van der Waals surface area contributed by atoms with Crippen LogP contribution in [0.4, 0.5) is 13.2 Å². The summed E-state index contributed by atoms with van der Waals surface area (Å²) in [5.74, 6) is 0.457. The van der Waals surface area contributed by atoms with Gasteiger partial charge in [-0.1, -0.05) is 36.4 Å². The van der Waals surface area contributed by atoms with Crippen molar-refractivity contribution in [3.8, 4) is 0 Å². The topological polar surface area (TPSA) is 20.2 Å². The van der Waals surface area contributed by atoms with Crippen LogP contribution in [0.5, 0.6) is 0 Å². The molecule has 2 aromatic carbocycles. The molecule has 0 heterocycles. The molecule has 0 aliphatic carbocycles. The van der Waals surface area contributed by atoms with Crippen LogP contribution in [0.25, 0.3) is 0 Å². The van der Waals surface area contributed by atoms with Crippen molar-refractivity contribution in [1.82, 2.24) is 0 Å². The van der Waals surface area contributed by atoms with Gasteiger partial charge in [0.1, 0.15) is 0 Å². The Morgan fingerprint density at radius 1 is 0.900 bits per heavy atom. The molecular formula is C15H13F3OS. The van der Waals surface area contributed by atoms with Crippen molar-refractivity contribution in [3.05, 3.63) is 65.2 Å². The van der Waals surface area contributed by atoms with E-state index in [1.807, 2.05) is 12.1 Å². The van der Waals surface area contributed by atoms with E-state index in [4.69, 9.17) is 5.11 Å². The second-order valence-electron chi connectivity index (χ2n) is 4.26. The minimum atomic E-state index is -4.33. The summed E-state index contributed by atoms with van der Waals surface area (Å²) in [7, 11) is 0. The van der Waals surface area contributed by atoms with Crippen molar-refractivity contribution in [3.63, 3.8) is 0 Å². The molecule has 1 nitrogen and oxygen atoms in total. The Morgan fingerprint density at radius 2 is 1.50 bits per heavy atom. The van der Waals surface area contributed by atoms with Gasteiger partial charge in [-0.15, -0.1) is 11.8 Å². The van der Waals surface area contributed by atoms with E-state index >= 15 is 0 Å². The Labute approximate surface area is 119 Å². The summed E-state index contributed by atoms with van der Waals surface area (Å²) in [6, 6.07) is 12.7. The van der Waals surface area contributed by atoms with Crippen molar-refractivity contribution in [1.29, 1.82) is 0 Å². The molecule has 5 heteroatoms. The van der Waals surface area contributed by atoms with E-state index in [1.54, 1.807) is 18.2 Å². The zero-order valence-corrected chi connectivity index (χ0v) is 11.3. The van der Waals surface area contributed by atoms with Gasteiger partial charge in [-0.2, -0.15) is 13.2 Å². The number of thioether (sulfide) groups is 1. The van der Waals surface area contributed by atoms with E-state index in [2.05, 4.69) is 0 Å². The standard InChI is InChI=1S/C15H13F3OS/c16-15(17,18)13-3-1-2-4-14(13)20-10-12-7-5-11(9-19)6-8-12/h1-8,19H,9-10H2. The fourth-order valence-corrected chi connectivity index (χ4v) is 2.76. The minimum Gasteiger partial charge on any atom is -0.392 e. The lowest BCUT2D eigenvalue weighted by atomic mass is 10.2. The molecule has 0 amide bonds. The maximum Gasteiger partial charge on any atom is 0.417 e. The molecular weight excluding hydrogens is 285 g/mol. The number of hydrogen-bond donors (Lipinski definition) is 1. The Morgan fingerprint density at radius 3 is 2.10 bits per heavy atom. The summed E-state index contributed by atoms with van der Waals surface area (Å²) >= 11 is 1.16. The van der Waals surface area contributed by atoms with Gasteiger partial charge >= 0.3 is 6.18 Å². The molecule has 0 radical (unpaired) electrons. The average molecular weight is 298 g/mol. The first-order valence-electron chi connectivity index (χ1n) is 5.98. The van der Waals surface area contributed by atoms with Gasteiger partial charge in [-0.3, -0.25) is 0 Å². The molecule has 0 saturated heterocycles. The molecule has 0 unspecified atom stereocenters. The van der Waals surface area contributed by atoms with Crippen LogP contribution in [0.15, 0.2) is 53.4 Å². The Kier molecular flexibility index (Phi) is 4.73. The van der Waals surface area contributed by atoms with Crippen LogP contribution in [0.1, 0.15) is 16.7 Å². The SMILES string of the molecule is OCc1ccc(CSc2ccccc2C(F)(F)F)cc1. The average Bonchev–Trinajstić information content (AvgIpc) is 2.45. The van der Waals surface area contributed by atoms with Crippen molar-refractivity contribution >= 4 is 11.8 Å². The number of hydrogen-bond acceptors (Lipinski definition) is 2. The smallest absolute Gasteiger partial charge is 0.392 e. The number of aliphatic hydroxyl groups excluding tert-OH is 1. The lowest BCUT2D eigenvalue weighted by Crippen LogP contribution is -2.06. The highest BCUT2D eigenvalue weighted by Gasteiger charge is 2.32. The van der Waals surface area contributed by atoms with Gasteiger partial charge in [0, 0.05) is 10.6 Å². The first-order chi connectivity index (χ1) is 9.50. The monoisotopic (exact) mass is 298 g/mol. The van der Waals surface area contributed by atoms with Crippen molar-refractivity contribution in [2.24, 2.45) is 0 Å². The Bertz CT molecular complexity index is 564. The molecule has 0 bridgehead atoms. The lowest BCUT2D eigenvalue weighted by molar-refractivity contribution is -0.139. The molecule has 0 aliphatic rings. The normalized spacial score (nSPS) is 11.6. The minimum absolute atomic E-state index is 0.0374. The molecule has 20 heavy (non-hydrogen) atoms. The van der Waals surface area contributed by atoms with Gasteiger partial charge in [0.15, 0.2) is 0 Å². The summed E-state index contributed by atoms with van der Waals surface area (Å²) in [4.78, 5) is 0.228. The molecule has 0 aromatic heterocycles. The van der Waals surface area contributed by atoms with Crippen LogP contribution in [0, 0.1) is 0 Å². The zero-order valence-electron chi connectivity index (χ0n) is 10.5. The third kappa shape index (κ3) is 3.77. The summed E-state index contributed by atoms with van der Waals surface area (Å²) in [6.07, 6.45) is -4.33. The zero-order chi connectivity index (χ0) is 14.6. The number of halogens is 3. The van der Waals surface area contributed by atoms with E-state index in [-0.39, 0.29) is 11.5 Å². The van der Waals surface area contributed by atoms with E-state index in [9.17, 15) is 13.2 Å². The number of rotatable bonds is 4. The highest BCUT2D eigenvalue weighted by molar-refractivity contribution is 7.98. The molecule has 0 saturated carbocycles. The van der Waals surface area contributed by atoms with Gasteiger partial charge in [-0.05, 0) is 23.3 Å². The summed E-state index contributed by atoms with van der Waals surface area (Å²) in [5, 5.41) is 8.93. The van der Waals surface area contributed by atoms with Crippen LogP contribution < -0.4 is 0 Å². The van der Waals surface area contributed by atoms with Crippen LogP contribution in [-0.4, -0.2) is 5.11 Å². The van der Waals surface area contributed by atoms with Gasteiger partial charge in [-0.25, -0.2) is 0 Å². The number of aliphatic hydroxyl groups is 1. The predicted octanol–water partition coefficient (Wildman–Crippen LogP) is 4.49. The van der Waals surface area contributed by atoms with Gasteiger partial charge in [0.05, 0.1) is 12.2 Å².